The van der Waals surface area contributed by atoms with Crippen molar-refractivity contribution in [1.29, 1.82) is 0 Å². The Morgan fingerprint density at radius 1 is 1.61 bits per heavy atom. The van der Waals surface area contributed by atoms with Gasteiger partial charge in [0.15, 0.2) is 0 Å². The molecule has 3 N–H and O–H groups in total. The number of morpholine rings is 1. The topological polar surface area (TPSA) is 97.6 Å². The van der Waals surface area contributed by atoms with Crippen LogP contribution in [-0.2, 0) is 4.74 Å². The van der Waals surface area contributed by atoms with Gasteiger partial charge in [-0.15, -0.1) is 0 Å². The standard InChI is InChI=1S/C11H20N4O3/c1-2-3-15-4-5-17-9(6-15)10-13-11(18-14-10)8(12)7-16/h8-9,16H,2-7,12H2,1H3/t8-,9?/m1/s1. The first-order valence-electron chi connectivity index (χ1n) is 6.28. The van der Waals surface area contributed by atoms with E-state index >= 15 is 0 Å². The molecule has 0 amide bonds. The van der Waals surface area contributed by atoms with E-state index in [1.54, 1.807) is 0 Å². The molecule has 2 heterocycles. The van der Waals surface area contributed by atoms with Crippen LogP contribution >= 0.6 is 0 Å². The molecule has 1 fully saturated rings. The summed E-state index contributed by atoms with van der Waals surface area (Å²) >= 11 is 0. The van der Waals surface area contributed by atoms with Gasteiger partial charge in [-0.1, -0.05) is 12.1 Å². The Morgan fingerprint density at radius 3 is 3.17 bits per heavy atom. The van der Waals surface area contributed by atoms with Gasteiger partial charge in [0.05, 0.1) is 13.2 Å². The highest BCUT2D eigenvalue weighted by Gasteiger charge is 2.26. The third-order valence-corrected chi connectivity index (χ3v) is 2.95. The van der Waals surface area contributed by atoms with Crippen molar-refractivity contribution in [2.45, 2.75) is 25.5 Å². The number of rotatable bonds is 5. The van der Waals surface area contributed by atoms with Crippen molar-refractivity contribution < 1.29 is 14.4 Å². The second-order valence-electron chi connectivity index (χ2n) is 4.44. The van der Waals surface area contributed by atoms with Gasteiger partial charge in [-0.05, 0) is 13.0 Å². The van der Waals surface area contributed by atoms with Crippen molar-refractivity contribution in [2.75, 3.05) is 32.8 Å². The number of hydrogen-bond donors (Lipinski definition) is 2. The molecule has 2 rings (SSSR count). The van der Waals surface area contributed by atoms with Gasteiger partial charge in [-0.3, -0.25) is 4.90 Å². The van der Waals surface area contributed by atoms with Crippen LogP contribution in [0.1, 0.15) is 37.2 Å². The zero-order valence-corrected chi connectivity index (χ0v) is 10.6. The Morgan fingerprint density at radius 2 is 2.44 bits per heavy atom. The van der Waals surface area contributed by atoms with Crippen LogP contribution in [-0.4, -0.2) is 53.0 Å². The van der Waals surface area contributed by atoms with Crippen molar-refractivity contribution in [2.24, 2.45) is 5.73 Å². The van der Waals surface area contributed by atoms with Gasteiger partial charge in [0.2, 0.25) is 11.7 Å². The highest BCUT2D eigenvalue weighted by Crippen LogP contribution is 2.20. The molecule has 7 heteroatoms. The molecule has 7 nitrogen and oxygen atoms in total. The molecule has 1 aliphatic rings. The van der Waals surface area contributed by atoms with Crippen LogP contribution in [0.15, 0.2) is 4.52 Å². The largest absolute Gasteiger partial charge is 0.394 e. The smallest absolute Gasteiger partial charge is 0.246 e. The molecule has 2 atom stereocenters. The minimum absolute atomic E-state index is 0.173. The van der Waals surface area contributed by atoms with E-state index in [9.17, 15) is 0 Å². The zero-order chi connectivity index (χ0) is 13.0. The van der Waals surface area contributed by atoms with E-state index in [4.69, 9.17) is 20.1 Å². The molecular weight excluding hydrogens is 236 g/mol. The van der Waals surface area contributed by atoms with Gasteiger partial charge < -0.3 is 20.1 Å². The predicted molar refractivity (Wildman–Crippen MR) is 63.7 cm³/mol. The molecule has 0 aliphatic carbocycles. The van der Waals surface area contributed by atoms with Crippen LogP contribution in [0.3, 0.4) is 0 Å². The molecule has 1 aromatic rings. The summed E-state index contributed by atoms with van der Waals surface area (Å²) in [5, 5.41) is 12.8. The van der Waals surface area contributed by atoms with Gasteiger partial charge in [0, 0.05) is 13.1 Å². The maximum atomic E-state index is 8.93. The molecule has 1 aromatic heterocycles. The second kappa shape index (κ2) is 6.24. The third-order valence-electron chi connectivity index (χ3n) is 2.95. The Balaban J connectivity index is 2.00. The van der Waals surface area contributed by atoms with Crippen molar-refractivity contribution >= 4 is 0 Å². The molecule has 0 radical (unpaired) electrons. The Bertz CT molecular complexity index is 369. The molecule has 1 aliphatic heterocycles. The first kappa shape index (κ1) is 13.4. The van der Waals surface area contributed by atoms with Crippen molar-refractivity contribution in [3.63, 3.8) is 0 Å². The van der Waals surface area contributed by atoms with Gasteiger partial charge in [-0.25, -0.2) is 0 Å². The van der Waals surface area contributed by atoms with Crippen molar-refractivity contribution in [3.05, 3.63) is 11.7 Å². The van der Waals surface area contributed by atoms with Crippen LogP contribution in [0.5, 0.6) is 0 Å². The van der Waals surface area contributed by atoms with Gasteiger partial charge in [0.25, 0.3) is 0 Å². The van der Waals surface area contributed by atoms with E-state index in [0.717, 1.165) is 26.1 Å². The molecule has 0 spiro atoms. The quantitative estimate of drug-likeness (QED) is 0.755. The summed E-state index contributed by atoms with van der Waals surface area (Å²) < 4.78 is 10.7. The van der Waals surface area contributed by atoms with Gasteiger partial charge in [-0.2, -0.15) is 4.98 Å². The monoisotopic (exact) mass is 256 g/mol. The lowest BCUT2D eigenvalue weighted by Crippen LogP contribution is -2.39. The van der Waals surface area contributed by atoms with Crippen LogP contribution in [0, 0.1) is 0 Å². The summed E-state index contributed by atoms with van der Waals surface area (Å²) in [7, 11) is 0. The zero-order valence-electron chi connectivity index (χ0n) is 10.6. The summed E-state index contributed by atoms with van der Waals surface area (Å²) in [5.41, 5.74) is 5.61. The predicted octanol–water partition coefficient (Wildman–Crippen LogP) is -0.155. The molecule has 0 aromatic carbocycles. The fraction of sp³-hybridized carbons (Fsp3) is 0.818. The van der Waals surface area contributed by atoms with Gasteiger partial charge in [0.1, 0.15) is 12.1 Å². The Kier molecular flexibility index (Phi) is 4.65. The molecule has 0 saturated carbocycles. The Hall–Kier alpha value is -1.02. The summed E-state index contributed by atoms with van der Waals surface area (Å²) in [6.07, 6.45) is 0.938. The summed E-state index contributed by atoms with van der Waals surface area (Å²) in [6.45, 7) is 5.35. The molecule has 18 heavy (non-hydrogen) atoms. The number of ether oxygens (including phenoxy) is 1. The van der Waals surface area contributed by atoms with E-state index < -0.39 is 6.04 Å². The minimum atomic E-state index is -0.624. The average Bonchev–Trinajstić information content (AvgIpc) is 2.88. The third kappa shape index (κ3) is 3.05. The van der Waals surface area contributed by atoms with E-state index in [-0.39, 0.29) is 18.6 Å². The average molecular weight is 256 g/mol. The number of nitrogens with zero attached hydrogens (tertiary/aromatic N) is 3. The van der Waals surface area contributed by atoms with Crippen molar-refractivity contribution in [3.8, 4) is 0 Å². The molecule has 1 saturated heterocycles. The molecule has 1 unspecified atom stereocenters. The number of aliphatic hydroxyl groups is 1. The highest BCUT2D eigenvalue weighted by molar-refractivity contribution is 4.97. The first-order chi connectivity index (χ1) is 8.74. The summed E-state index contributed by atoms with van der Waals surface area (Å²) in [6, 6.07) is -0.624. The number of aliphatic hydroxyl groups excluding tert-OH is 1. The molecular formula is C11H20N4O3. The SMILES string of the molecule is CCCN1CCOC(c2noc([C@H](N)CO)n2)C1. The number of aromatic nitrogens is 2. The van der Waals surface area contributed by atoms with Gasteiger partial charge >= 0.3 is 0 Å². The lowest BCUT2D eigenvalue weighted by molar-refractivity contribution is -0.0350. The van der Waals surface area contributed by atoms with Crippen LogP contribution in [0.2, 0.25) is 0 Å². The number of nitrogens with two attached hydrogens (primary N) is 1. The van der Waals surface area contributed by atoms with Crippen LogP contribution in [0.25, 0.3) is 0 Å². The lowest BCUT2D eigenvalue weighted by atomic mass is 10.2. The summed E-state index contributed by atoms with van der Waals surface area (Å²) in [4.78, 5) is 6.50. The fourth-order valence-corrected chi connectivity index (χ4v) is 1.98. The summed E-state index contributed by atoms with van der Waals surface area (Å²) in [5.74, 6) is 0.762. The van der Waals surface area contributed by atoms with Crippen molar-refractivity contribution in [1.82, 2.24) is 15.0 Å². The Labute approximate surface area is 106 Å². The van der Waals surface area contributed by atoms with Crippen LogP contribution in [0.4, 0.5) is 0 Å². The van der Waals surface area contributed by atoms with E-state index in [2.05, 4.69) is 22.0 Å². The lowest BCUT2D eigenvalue weighted by Gasteiger charge is -2.30. The number of hydrogen-bond acceptors (Lipinski definition) is 7. The maximum Gasteiger partial charge on any atom is 0.246 e. The second-order valence-corrected chi connectivity index (χ2v) is 4.44. The van der Waals surface area contributed by atoms with E-state index in [0.29, 0.717) is 12.4 Å². The maximum absolute atomic E-state index is 8.93. The van der Waals surface area contributed by atoms with E-state index in [1.165, 1.54) is 0 Å². The highest BCUT2D eigenvalue weighted by atomic mass is 16.5. The minimum Gasteiger partial charge on any atom is -0.394 e. The molecule has 0 bridgehead atoms. The van der Waals surface area contributed by atoms with Crippen LogP contribution < -0.4 is 5.73 Å². The normalized spacial score (nSPS) is 23.2. The first-order valence-corrected chi connectivity index (χ1v) is 6.28. The fourth-order valence-electron chi connectivity index (χ4n) is 1.98. The molecule has 102 valence electrons. The van der Waals surface area contributed by atoms with E-state index in [1.807, 2.05) is 0 Å².